The van der Waals surface area contributed by atoms with E-state index in [1.807, 2.05) is 0 Å². The standard InChI is InChI=1S/C12H15N3O3/c1-9(16)13(2)12-7-14(8-12)10-3-5-11(6-4-10)15(17)18/h3-6,12H,7-8H2,1-2H3. The average molecular weight is 249 g/mol. The highest BCUT2D eigenvalue weighted by Gasteiger charge is 2.31. The highest BCUT2D eigenvalue weighted by atomic mass is 16.6. The quantitative estimate of drug-likeness (QED) is 0.597. The van der Waals surface area contributed by atoms with E-state index in [9.17, 15) is 14.9 Å². The zero-order chi connectivity index (χ0) is 13.3. The summed E-state index contributed by atoms with van der Waals surface area (Å²) in [6.45, 7) is 3.09. The van der Waals surface area contributed by atoms with E-state index in [0.717, 1.165) is 18.8 Å². The van der Waals surface area contributed by atoms with Crippen molar-refractivity contribution in [1.29, 1.82) is 0 Å². The molecule has 0 atom stereocenters. The van der Waals surface area contributed by atoms with Crippen LogP contribution in [-0.4, -0.2) is 41.9 Å². The first-order valence-corrected chi connectivity index (χ1v) is 5.72. The number of carbonyl (C=O) groups excluding carboxylic acids is 1. The van der Waals surface area contributed by atoms with Crippen LogP contribution in [0.3, 0.4) is 0 Å². The van der Waals surface area contributed by atoms with Gasteiger partial charge < -0.3 is 9.80 Å². The molecule has 0 unspecified atom stereocenters. The minimum atomic E-state index is -0.410. The molecule has 6 heteroatoms. The zero-order valence-electron chi connectivity index (χ0n) is 10.4. The zero-order valence-corrected chi connectivity index (χ0v) is 10.4. The van der Waals surface area contributed by atoms with Gasteiger partial charge in [-0.05, 0) is 12.1 Å². The van der Waals surface area contributed by atoms with Crippen molar-refractivity contribution >= 4 is 17.3 Å². The molecular formula is C12H15N3O3. The van der Waals surface area contributed by atoms with Gasteiger partial charge in [0.05, 0.1) is 11.0 Å². The van der Waals surface area contributed by atoms with Crippen LogP contribution in [0.15, 0.2) is 24.3 Å². The summed E-state index contributed by atoms with van der Waals surface area (Å²) >= 11 is 0. The van der Waals surface area contributed by atoms with E-state index in [1.165, 1.54) is 12.1 Å². The van der Waals surface area contributed by atoms with E-state index in [0.29, 0.717) is 0 Å². The Labute approximate surface area is 105 Å². The van der Waals surface area contributed by atoms with Crippen molar-refractivity contribution in [2.24, 2.45) is 0 Å². The van der Waals surface area contributed by atoms with Crippen molar-refractivity contribution in [3.63, 3.8) is 0 Å². The van der Waals surface area contributed by atoms with E-state index in [-0.39, 0.29) is 17.6 Å². The first-order valence-electron chi connectivity index (χ1n) is 5.72. The molecule has 1 aromatic rings. The average Bonchev–Trinajstić information content (AvgIpc) is 2.27. The number of nitro groups is 1. The Morgan fingerprint density at radius 1 is 1.39 bits per heavy atom. The Morgan fingerprint density at radius 3 is 2.39 bits per heavy atom. The minimum absolute atomic E-state index is 0.0587. The molecule has 1 heterocycles. The predicted octanol–water partition coefficient (Wildman–Crippen LogP) is 1.26. The highest BCUT2D eigenvalue weighted by Crippen LogP contribution is 2.25. The molecule has 1 fully saturated rings. The number of amides is 1. The van der Waals surface area contributed by atoms with Gasteiger partial charge in [0.25, 0.3) is 5.69 Å². The molecule has 18 heavy (non-hydrogen) atoms. The third kappa shape index (κ3) is 2.27. The van der Waals surface area contributed by atoms with Gasteiger partial charge in [0.15, 0.2) is 0 Å². The van der Waals surface area contributed by atoms with Gasteiger partial charge in [-0.25, -0.2) is 0 Å². The minimum Gasteiger partial charge on any atom is -0.367 e. The predicted molar refractivity (Wildman–Crippen MR) is 67.5 cm³/mol. The van der Waals surface area contributed by atoms with Gasteiger partial charge in [-0.15, -0.1) is 0 Å². The molecule has 1 amide bonds. The fourth-order valence-corrected chi connectivity index (χ4v) is 1.95. The number of likely N-dealkylation sites (N-methyl/N-ethyl adjacent to an activating group) is 1. The monoisotopic (exact) mass is 249 g/mol. The Hall–Kier alpha value is -2.11. The van der Waals surface area contributed by atoms with Crippen molar-refractivity contribution in [2.45, 2.75) is 13.0 Å². The van der Waals surface area contributed by atoms with Gasteiger partial charge in [-0.3, -0.25) is 14.9 Å². The molecule has 0 bridgehead atoms. The molecule has 0 saturated carbocycles. The molecule has 1 aromatic carbocycles. The smallest absolute Gasteiger partial charge is 0.269 e. The van der Waals surface area contributed by atoms with Crippen LogP contribution in [0.4, 0.5) is 11.4 Å². The second-order valence-electron chi connectivity index (χ2n) is 4.46. The Kier molecular flexibility index (Phi) is 3.18. The first-order chi connectivity index (χ1) is 8.49. The normalized spacial score (nSPS) is 15.1. The van der Waals surface area contributed by atoms with Crippen LogP contribution in [-0.2, 0) is 4.79 Å². The van der Waals surface area contributed by atoms with Crippen molar-refractivity contribution in [3.05, 3.63) is 34.4 Å². The maximum atomic E-state index is 11.2. The lowest BCUT2D eigenvalue weighted by atomic mass is 10.1. The number of hydrogen-bond acceptors (Lipinski definition) is 4. The number of anilines is 1. The van der Waals surface area contributed by atoms with E-state index in [1.54, 1.807) is 31.0 Å². The Balaban J connectivity index is 1.96. The SMILES string of the molecule is CC(=O)N(C)C1CN(c2ccc([N+](=O)[O-])cc2)C1. The van der Waals surface area contributed by atoms with Crippen LogP contribution in [0, 0.1) is 10.1 Å². The van der Waals surface area contributed by atoms with Crippen molar-refractivity contribution in [2.75, 3.05) is 25.0 Å². The summed E-state index contributed by atoms with van der Waals surface area (Å²) in [6.07, 6.45) is 0. The molecule has 0 spiro atoms. The summed E-state index contributed by atoms with van der Waals surface area (Å²) in [5, 5.41) is 10.5. The van der Waals surface area contributed by atoms with Gasteiger partial charge in [-0.1, -0.05) is 0 Å². The lowest BCUT2D eigenvalue weighted by molar-refractivity contribution is -0.384. The van der Waals surface area contributed by atoms with Gasteiger partial charge in [0.1, 0.15) is 0 Å². The number of carbonyl (C=O) groups is 1. The molecule has 0 radical (unpaired) electrons. The molecule has 1 aliphatic heterocycles. The molecule has 1 aliphatic rings. The summed E-state index contributed by atoms with van der Waals surface area (Å²) in [7, 11) is 1.79. The molecule has 2 rings (SSSR count). The van der Waals surface area contributed by atoms with Crippen LogP contribution in [0.25, 0.3) is 0 Å². The number of benzene rings is 1. The number of rotatable bonds is 3. The lowest BCUT2D eigenvalue weighted by Crippen LogP contribution is -2.59. The summed E-state index contributed by atoms with van der Waals surface area (Å²) < 4.78 is 0. The van der Waals surface area contributed by atoms with Crippen LogP contribution in [0.5, 0.6) is 0 Å². The maximum Gasteiger partial charge on any atom is 0.269 e. The van der Waals surface area contributed by atoms with Crippen molar-refractivity contribution < 1.29 is 9.72 Å². The van der Waals surface area contributed by atoms with Gasteiger partial charge >= 0.3 is 0 Å². The second-order valence-corrected chi connectivity index (χ2v) is 4.46. The fraction of sp³-hybridized carbons (Fsp3) is 0.417. The Bertz CT molecular complexity index is 466. The number of hydrogen-bond donors (Lipinski definition) is 0. The maximum absolute atomic E-state index is 11.2. The fourth-order valence-electron chi connectivity index (χ4n) is 1.95. The number of non-ortho nitro benzene ring substituents is 1. The van der Waals surface area contributed by atoms with Gasteiger partial charge in [0, 0.05) is 44.9 Å². The molecular weight excluding hydrogens is 234 g/mol. The largest absolute Gasteiger partial charge is 0.367 e. The van der Waals surface area contributed by atoms with Gasteiger partial charge in [-0.2, -0.15) is 0 Å². The Morgan fingerprint density at radius 2 is 1.94 bits per heavy atom. The van der Waals surface area contributed by atoms with Gasteiger partial charge in [0.2, 0.25) is 5.91 Å². The summed E-state index contributed by atoms with van der Waals surface area (Å²) in [6, 6.07) is 6.71. The van der Waals surface area contributed by atoms with E-state index in [2.05, 4.69) is 4.90 Å². The second kappa shape index (κ2) is 4.64. The lowest BCUT2D eigenvalue weighted by Gasteiger charge is -2.45. The number of nitro benzene ring substituents is 1. The van der Waals surface area contributed by atoms with Crippen LogP contribution < -0.4 is 4.90 Å². The molecule has 0 aromatic heterocycles. The number of nitrogens with zero attached hydrogens (tertiary/aromatic N) is 3. The summed E-state index contributed by atoms with van der Waals surface area (Å²) in [5.41, 5.74) is 1.05. The van der Waals surface area contributed by atoms with Crippen LogP contribution >= 0.6 is 0 Å². The summed E-state index contributed by atoms with van der Waals surface area (Å²) in [5.74, 6) is 0.0587. The highest BCUT2D eigenvalue weighted by molar-refractivity contribution is 5.73. The molecule has 6 nitrogen and oxygen atoms in total. The summed E-state index contributed by atoms with van der Waals surface area (Å²) in [4.78, 5) is 25.1. The topological polar surface area (TPSA) is 66.7 Å². The third-order valence-electron chi connectivity index (χ3n) is 3.33. The molecule has 1 saturated heterocycles. The molecule has 0 aliphatic carbocycles. The van der Waals surface area contributed by atoms with Crippen LogP contribution in [0.2, 0.25) is 0 Å². The van der Waals surface area contributed by atoms with Crippen molar-refractivity contribution in [1.82, 2.24) is 4.90 Å². The molecule has 96 valence electrons. The van der Waals surface area contributed by atoms with Crippen molar-refractivity contribution in [3.8, 4) is 0 Å². The van der Waals surface area contributed by atoms with E-state index in [4.69, 9.17) is 0 Å². The molecule has 0 N–H and O–H groups in total. The van der Waals surface area contributed by atoms with Crippen LogP contribution in [0.1, 0.15) is 6.92 Å². The first kappa shape index (κ1) is 12.3. The van der Waals surface area contributed by atoms with E-state index < -0.39 is 4.92 Å². The van der Waals surface area contributed by atoms with E-state index >= 15 is 0 Å². The third-order valence-corrected chi connectivity index (χ3v) is 3.33.